The number of amides is 1. The van der Waals surface area contributed by atoms with Crippen molar-refractivity contribution in [2.45, 2.75) is 44.4 Å². The summed E-state index contributed by atoms with van der Waals surface area (Å²) in [6, 6.07) is 12.4. The molecule has 0 bridgehead atoms. The molecule has 2 aromatic carbocycles. The van der Waals surface area contributed by atoms with Gasteiger partial charge in [-0.05, 0) is 48.4 Å². The van der Waals surface area contributed by atoms with Crippen LogP contribution in [0.15, 0.2) is 48.5 Å². The third kappa shape index (κ3) is 4.92. The molecule has 166 valence electrons. The van der Waals surface area contributed by atoms with Crippen LogP contribution >= 0.6 is 0 Å². The molecule has 2 saturated heterocycles. The van der Waals surface area contributed by atoms with Crippen molar-refractivity contribution in [1.29, 1.82) is 0 Å². The summed E-state index contributed by atoms with van der Waals surface area (Å²) in [6.07, 6.45) is -2.00. The van der Waals surface area contributed by atoms with Crippen LogP contribution in [0.4, 0.5) is 17.6 Å². The molecule has 2 atom stereocenters. The molecule has 0 spiro atoms. The first-order valence-corrected chi connectivity index (χ1v) is 10.7. The molecular formula is C24H26F4N2O. The second-order valence-corrected chi connectivity index (χ2v) is 8.47. The van der Waals surface area contributed by atoms with E-state index in [1.807, 2.05) is 4.90 Å². The first-order valence-electron chi connectivity index (χ1n) is 10.7. The van der Waals surface area contributed by atoms with Gasteiger partial charge in [-0.25, -0.2) is 4.39 Å². The maximum Gasteiger partial charge on any atom is 0.416 e. The smallest absolute Gasteiger partial charge is 0.339 e. The normalized spacial score (nSPS) is 22.5. The second-order valence-electron chi connectivity index (χ2n) is 8.47. The predicted molar refractivity (Wildman–Crippen MR) is 110 cm³/mol. The highest BCUT2D eigenvalue weighted by Crippen LogP contribution is 2.35. The molecule has 2 heterocycles. The Balaban J connectivity index is 1.41. The number of piperidine rings is 2. The topological polar surface area (TPSA) is 23.6 Å². The summed E-state index contributed by atoms with van der Waals surface area (Å²) in [5.41, 5.74) is 0.304. The Bertz CT molecular complexity index is 930. The van der Waals surface area contributed by atoms with E-state index >= 15 is 0 Å². The van der Waals surface area contributed by atoms with Gasteiger partial charge in [-0.3, -0.25) is 9.69 Å². The number of hydrogen-bond donors (Lipinski definition) is 0. The van der Waals surface area contributed by atoms with Gasteiger partial charge in [0.15, 0.2) is 0 Å². The summed E-state index contributed by atoms with van der Waals surface area (Å²) in [4.78, 5) is 16.5. The van der Waals surface area contributed by atoms with Gasteiger partial charge in [0.1, 0.15) is 5.82 Å². The van der Waals surface area contributed by atoms with Gasteiger partial charge in [-0.15, -0.1) is 0 Å². The Morgan fingerprint density at radius 2 is 1.68 bits per heavy atom. The number of benzene rings is 2. The summed E-state index contributed by atoms with van der Waals surface area (Å²) in [6.45, 7) is 2.02. The number of rotatable bonds is 5. The van der Waals surface area contributed by atoms with Crippen LogP contribution < -0.4 is 0 Å². The quantitative estimate of drug-likeness (QED) is 0.625. The third-order valence-corrected chi connectivity index (χ3v) is 6.52. The number of halogens is 4. The van der Waals surface area contributed by atoms with Crippen molar-refractivity contribution in [3.8, 4) is 0 Å². The Morgan fingerprint density at radius 1 is 0.968 bits per heavy atom. The van der Waals surface area contributed by atoms with Crippen molar-refractivity contribution in [1.82, 2.24) is 9.80 Å². The fourth-order valence-electron chi connectivity index (χ4n) is 4.98. The molecule has 0 N–H and O–H groups in total. The van der Waals surface area contributed by atoms with Crippen LogP contribution in [0.2, 0.25) is 0 Å². The highest BCUT2D eigenvalue weighted by molar-refractivity contribution is 5.77. The third-order valence-electron chi connectivity index (χ3n) is 6.52. The minimum Gasteiger partial charge on any atom is -0.339 e. The average molecular weight is 434 g/mol. The minimum atomic E-state index is -4.37. The zero-order valence-corrected chi connectivity index (χ0v) is 17.2. The summed E-state index contributed by atoms with van der Waals surface area (Å²) < 4.78 is 53.9. The maximum atomic E-state index is 14.0. The van der Waals surface area contributed by atoms with E-state index in [1.54, 1.807) is 30.3 Å². The van der Waals surface area contributed by atoms with Gasteiger partial charge in [0.05, 0.1) is 5.56 Å². The molecule has 0 unspecified atom stereocenters. The molecule has 2 aliphatic heterocycles. The molecule has 4 rings (SSSR count). The number of hydrogen-bond acceptors (Lipinski definition) is 2. The first-order chi connectivity index (χ1) is 14.8. The molecule has 31 heavy (non-hydrogen) atoms. The van der Waals surface area contributed by atoms with Crippen molar-refractivity contribution in [3.63, 3.8) is 0 Å². The van der Waals surface area contributed by atoms with Crippen molar-refractivity contribution in [3.05, 3.63) is 71.0 Å². The van der Waals surface area contributed by atoms with E-state index in [2.05, 4.69) is 4.90 Å². The number of carbonyl (C=O) groups is 1. The van der Waals surface area contributed by atoms with Crippen LogP contribution in [0.25, 0.3) is 0 Å². The van der Waals surface area contributed by atoms with Gasteiger partial charge in [0.25, 0.3) is 0 Å². The monoisotopic (exact) mass is 434 g/mol. The van der Waals surface area contributed by atoms with E-state index in [9.17, 15) is 22.4 Å². The number of fused-ring (bicyclic) bond motifs is 1. The summed E-state index contributed by atoms with van der Waals surface area (Å²) in [7, 11) is 0. The summed E-state index contributed by atoms with van der Waals surface area (Å²) in [5, 5.41) is 0. The lowest BCUT2D eigenvalue weighted by Crippen LogP contribution is -2.56. The van der Waals surface area contributed by atoms with Crippen LogP contribution in [0, 0.1) is 11.7 Å². The molecule has 2 aromatic rings. The standard InChI is InChI=1S/C24H26F4N2O/c25-21-8-4-2-5-17(21)11-14-30-22-12-13-29(16-19(22)9-10-23(30)31)15-18-6-1-3-7-20(18)24(26,27)28/h1-8,19,22H,9-16H2/t19-,22+/m1/s1. The Hall–Kier alpha value is -2.41. The molecule has 0 radical (unpaired) electrons. The Morgan fingerprint density at radius 3 is 2.42 bits per heavy atom. The summed E-state index contributed by atoms with van der Waals surface area (Å²) >= 11 is 0. The average Bonchev–Trinajstić information content (AvgIpc) is 2.74. The van der Waals surface area contributed by atoms with E-state index in [-0.39, 0.29) is 35.8 Å². The van der Waals surface area contributed by atoms with E-state index in [1.165, 1.54) is 12.1 Å². The largest absolute Gasteiger partial charge is 0.416 e. The highest BCUT2D eigenvalue weighted by atomic mass is 19.4. The molecule has 0 aromatic heterocycles. The SMILES string of the molecule is O=C1CC[C@@H]2CN(Cc3ccccc3C(F)(F)F)CC[C@@H]2N1CCc1ccccc1F. The summed E-state index contributed by atoms with van der Waals surface area (Å²) in [5.74, 6) is 0.0558. The van der Waals surface area contributed by atoms with Crippen molar-refractivity contribution >= 4 is 5.91 Å². The number of likely N-dealkylation sites (tertiary alicyclic amines) is 2. The van der Waals surface area contributed by atoms with Crippen LogP contribution in [-0.2, 0) is 23.9 Å². The van der Waals surface area contributed by atoms with Crippen LogP contribution in [0.3, 0.4) is 0 Å². The molecule has 7 heteroatoms. The van der Waals surface area contributed by atoms with Crippen molar-refractivity contribution < 1.29 is 22.4 Å². The number of carbonyl (C=O) groups excluding carboxylic acids is 1. The molecule has 2 aliphatic rings. The van der Waals surface area contributed by atoms with Crippen LogP contribution in [0.5, 0.6) is 0 Å². The molecule has 0 aliphatic carbocycles. The minimum absolute atomic E-state index is 0.0714. The van der Waals surface area contributed by atoms with E-state index < -0.39 is 11.7 Å². The van der Waals surface area contributed by atoms with Crippen molar-refractivity contribution in [2.75, 3.05) is 19.6 Å². The molecular weight excluding hydrogens is 408 g/mol. The highest BCUT2D eigenvalue weighted by Gasteiger charge is 2.40. The zero-order valence-electron chi connectivity index (χ0n) is 17.2. The molecule has 2 fully saturated rings. The lowest BCUT2D eigenvalue weighted by atomic mass is 9.83. The van der Waals surface area contributed by atoms with Gasteiger partial charge in [0, 0.05) is 38.6 Å². The van der Waals surface area contributed by atoms with E-state index in [0.717, 1.165) is 18.9 Å². The molecule has 3 nitrogen and oxygen atoms in total. The molecule has 0 saturated carbocycles. The number of alkyl halides is 3. The van der Waals surface area contributed by atoms with Crippen molar-refractivity contribution in [2.24, 2.45) is 5.92 Å². The fraction of sp³-hybridized carbons (Fsp3) is 0.458. The van der Waals surface area contributed by atoms with E-state index in [0.29, 0.717) is 38.0 Å². The fourth-order valence-corrected chi connectivity index (χ4v) is 4.98. The maximum absolute atomic E-state index is 14.0. The Kier molecular flexibility index (Phi) is 6.32. The second kappa shape index (κ2) is 8.99. The van der Waals surface area contributed by atoms with Crippen LogP contribution in [-0.4, -0.2) is 41.4 Å². The first kappa shape index (κ1) is 21.8. The van der Waals surface area contributed by atoms with Gasteiger partial charge < -0.3 is 4.90 Å². The lowest BCUT2D eigenvalue weighted by Gasteiger charge is -2.47. The predicted octanol–water partition coefficient (Wildman–Crippen LogP) is 4.90. The molecule has 1 amide bonds. The van der Waals surface area contributed by atoms with Gasteiger partial charge in [-0.1, -0.05) is 36.4 Å². The number of nitrogens with zero attached hydrogens (tertiary/aromatic N) is 2. The van der Waals surface area contributed by atoms with Gasteiger partial charge in [-0.2, -0.15) is 13.2 Å². The zero-order chi connectivity index (χ0) is 22.0. The lowest BCUT2D eigenvalue weighted by molar-refractivity contribution is -0.142. The van der Waals surface area contributed by atoms with Crippen LogP contribution in [0.1, 0.15) is 36.0 Å². The van der Waals surface area contributed by atoms with Gasteiger partial charge in [0.2, 0.25) is 5.91 Å². The Labute approximate surface area is 179 Å². The van der Waals surface area contributed by atoms with E-state index in [4.69, 9.17) is 0 Å². The van der Waals surface area contributed by atoms with Gasteiger partial charge >= 0.3 is 6.18 Å².